The predicted molar refractivity (Wildman–Crippen MR) is 109 cm³/mol. The summed E-state index contributed by atoms with van der Waals surface area (Å²) in [6.07, 6.45) is 6.70. The number of hydroxylamine groups is 2. The molecule has 0 bridgehead atoms. The van der Waals surface area contributed by atoms with E-state index >= 15 is 0 Å². The molecule has 0 aromatic carbocycles. The minimum absolute atomic E-state index is 0. The van der Waals surface area contributed by atoms with E-state index < -0.39 is 0 Å². The number of pyridine rings is 1. The van der Waals surface area contributed by atoms with Gasteiger partial charge in [-0.25, -0.2) is 0 Å². The Morgan fingerprint density at radius 2 is 1.41 bits per heavy atom. The molecule has 0 fully saturated rings. The summed E-state index contributed by atoms with van der Waals surface area (Å²) < 4.78 is 4.65. The Hall–Kier alpha value is -2.99. The van der Waals surface area contributed by atoms with Crippen LogP contribution in [0.1, 0.15) is 33.3 Å². The van der Waals surface area contributed by atoms with Gasteiger partial charge < -0.3 is 25.8 Å². The molecule has 0 saturated heterocycles. The van der Waals surface area contributed by atoms with E-state index in [1.54, 1.807) is 41.9 Å². The second-order valence-electron chi connectivity index (χ2n) is 4.96. The van der Waals surface area contributed by atoms with E-state index in [0.717, 1.165) is 5.56 Å². The summed E-state index contributed by atoms with van der Waals surface area (Å²) in [5.74, 6) is 0. The summed E-state index contributed by atoms with van der Waals surface area (Å²) in [5.41, 5.74) is 4.95. The fourth-order valence-corrected chi connectivity index (χ4v) is 0.890. The van der Waals surface area contributed by atoms with Crippen LogP contribution in [0.2, 0.25) is 0 Å². The van der Waals surface area contributed by atoms with Gasteiger partial charge in [0.1, 0.15) is 0 Å². The summed E-state index contributed by atoms with van der Waals surface area (Å²) in [4.78, 5) is 23.0. The van der Waals surface area contributed by atoms with Gasteiger partial charge in [-0.05, 0) is 56.4 Å². The van der Waals surface area contributed by atoms with E-state index in [4.69, 9.17) is 0 Å². The van der Waals surface area contributed by atoms with Crippen LogP contribution < -0.4 is 11.0 Å². The molecule has 0 aliphatic rings. The van der Waals surface area contributed by atoms with Crippen molar-refractivity contribution in [3.63, 3.8) is 0 Å². The van der Waals surface area contributed by atoms with E-state index in [9.17, 15) is 20.2 Å². The van der Waals surface area contributed by atoms with E-state index in [0.29, 0.717) is 0 Å². The summed E-state index contributed by atoms with van der Waals surface area (Å²) >= 11 is 0. The second-order valence-corrected chi connectivity index (χ2v) is 4.96. The predicted octanol–water partition coefficient (Wildman–Crippen LogP) is 4.72. The van der Waals surface area contributed by atoms with Crippen LogP contribution in [0.5, 0.6) is 0 Å². The van der Waals surface area contributed by atoms with Crippen LogP contribution in [0.3, 0.4) is 0 Å². The molecule has 163 valence electrons. The molecule has 0 saturated carbocycles. The molecule has 0 amide bonds. The third-order valence-corrected chi connectivity index (χ3v) is 2.81. The van der Waals surface area contributed by atoms with Crippen molar-refractivity contribution in [1.29, 1.82) is 0 Å². The molecule has 1 radical (unpaired) electrons. The van der Waals surface area contributed by atoms with Crippen molar-refractivity contribution in [1.82, 2.24) is 15.9 Å². The average Bonchev–Trinajstić information content (AvgIpc) is 3.24. The minimum Gasteiger partial charge on any atom is -0.761 e. The molecule has 2 aromatic rings. The summed E-state index contributed by atoms with van der Waals surface area (Å²) in [6.45, 7) is 9.50. The number of hydrogen-bond donors (Lipinski definition) is 2. The molecule has 2 heterocycles. The Balaban J connectivity index is -0.000000309. The molecule has 2 aromatic heterocycles. The average molecular weight is 449 g/mol. The molecule has 29 heavy (non-hydrogen) atoms. The van der Waals surface area contributed by atoms with Gasteiger partial charge >= 0.3 is 0 Å². The van der Waals surface area contributed by atoms with E-state index in [1.807, 2.05) is 18.2 Å². The monoisotopic (exact) mass is 449 g/mol. The Morgan fingerprint density at radius 1 is 0.966 bits per heavy atom. The first-order chi connectivity index (χ1) is 13.3. The smallest absolute Gasteiger partial charge is 0.0995 e. The van der Waals surface area contributed by atoms with Crippen LogP contribution in [0.15, 0.2) is 86.7 Å². The zero-order valence-electron chi connectivity index (χ0n) is 16.5. The van der Waals surface area contributed by atoms with Crippen LogP contribution in [0, 0.1) is 27.2 Å². The molecular formula is C18H24CoN5O5-3. The van der Waals surface area contributed by atoms with Crippen molar-refractivity contribution < 1.29 is 21.2 Å². The Bertz CT molecular complexity index is 650. The zero-order chi connectivity index (χ0) is 21.8. The fourth-order valence-electron chi connectivity index (χ4n) is 0.890. The van der Waals surface area contributed by atoms with Crippen LogP contribution in [0.25, 0.3) is 0 Å². The van der Waals surface area contributed by atoms with Gasteiger partial charge in [0.2, 0.25) is 0 Å². The largest absolute Gasteiger partial charge is 0.761 e. The third kappa shape index (κ3) is 19.6. The van der Waals surface area contributed by atoms with Crippen molar-refractivity contribution in [2.24, 2.45) is 10.4 Å². The van der Waals surface area contributed by atoms with Gasteiger partial charge in [0.25, 0.3) is 0 Å². The number of nitrogens with zero attached hydrogens (tertiary/aromatic N) is 3. The standard InChI is InChI=1S/C5H5N.C5H5O.2C4H7N2O2.Co/c1-2-4-6-5-3-1;1-5-2-3-6-4-5;2*1-3(5-7)4(2)6-8;/h1-5H;2-4H,1H2;2*5H,1-2H3;/q;3*-1;/b;;2*4-3-;. The number of allylic oxidation sites excluding steroid dienone is 4. The number of rotatable bonds is 4. The van der Waals surface area contributed by atoms with Gasteiger partial charge in [0.15, 0.2) is 0 Å². The molecule has 0 aliphatic carbocycles. The van der Waals surface area contributed by atoms with Gasteiger partial charge in [0, 0.05) is 46.8 Å². The second kappa shape index (κ2) is 21.3. The molecular weight excluding hydrogens is 425 g/mol. The minimum atomic E-state index is 0. The van der Waals surface area contributed by atoms with Crippen LogP contribution in [0.4, 0.5) is 0 Å². The number of hydrogen-bond acceptors (Lipinski definition) is 10. The number of nitrogens with one attached hydrogen (secondary N) is 2. The SMILES string of the molecule is C/C(N=O)=C(\C)N[O-].C/C(N=O)=C(\C)N[O-].[CH2-]c1ccoc1.[Co].c1ccncc1. The van der Waals surface area contributed by atoms with Crippen molar-refractivity contribution in [3.8, 4) is 0 Å². The zero-order valence-corrected chi connectivity index (χ0v) is 17.6. The van der Waals surface area contributed by atoms with Crippen LogP contribution >= 0.6 is 0 Å². The Kier molecular flexibility index (Phi) is 22.6. The topological polar surface area (TPSA) is 155 Å². The van der Waals surface area contributed by atoms with Crippen LogP contribution in [-0.2, 0) is 16.8 Å². The molecule has 0 unspecified atom stereocenters. The maximum Gasteiger partial charge on any atom is 0.0995 e. The van der Waals surface area contributed by atoms with Crippen molar-refractivity contribution in [2.45, 2.75) is 27.7 Å². The Morgan fingerprint density at radius 3 is 1.52 bits per heavy atom. The number of aromatic nitrogens is 1. The van der Waals surface area contributed by atoms with Gasteiger partial charge in [-0.3, -0.25) is 4.98 Å². The summed E-state index contributed by atoms with van der Waals surface area (Å²) in [7, 11) is 0. The fraction of sp³-hybridized carbons (Fsp3) is 0.222. The van der Waals surface area contributed by atoms with Gasteiger partial charge in [-0.1, -0.05) is 6.07 Å². The van der Waals surface area contributed by atoms with E-state index in [-0.39, 0.29) is 39.6 Å². The molecule has 10 nitrogen and oxygen atoms in total. The molecule has 2 N–H and O–H groups in total. The van der Waals surface area contributed by atoms with Gasteiger partial charge in [-0.2, -0.15) is 12.5 Å². The summed E-state index contributed by atoms with van der Waals surface area (Å²) in [6, 6.07) is 7.52. The maximum absolute atomic E-state index is 9.72. The first-order valence-electron chi connectivity index (χ1n) is 7.81. The van der Waals surface area contributed by atoms with Crippen molar-refractivity contribution >= 4 is 0 Å². The van der Waals surface area contributed by atoms with Gasteiger partial charge in [-0.15, -0.1) is 15.9 Å². The number of nitroso groups, excluding NO2 is 2. The van der Waals surface area contributed by atoms with Crippen LogP contribution in [-0.4, -0.2) is 4.98 Å². The molecule has 0 spiro atoms. The van der Waals surface area contributed by atoms with Crippen molar-refractivity contribution in [2.75, 3.05) is 0 Å². The van der Waals surface area contributed by atoms with E-state index in [2.05, 4.69) is 26.7 Å². The molecule has 0 aliphatic heterocycles. The Labute approximate surface area is 180 Å². The summed E-state index contributed by atoms with van der Waals surface area (Å²) in [5, 5.41) is 24.5. The quantitative estimate of drug-likeness (QED) is 0.386. The molecule has 0 atom stereocenters. The van der Waals surface area contributed by atoms with E-state index in [1.165, 1.54) is 27.7 Å². The van der Waals surface area contributed by atoms with Crippen molar-refractivity contribution in [3.05, 3.63) is 105 Å². The number of furan rings is 1. The first-order valence-corrected chi connectivity index (χ1v) is 7.81. The maximum atomic E-state index is 9.72. The third-order valence-electron chi connectivity index (χ3n) is 2.81. The molecule has 11 heteroatoms. The first kappa shape index (κ1) is 30.7. The molecule has 2 rings (SSSR count). The van der Waals surface area contributed by atoms with Gasteiger partial charge in [0.05, 0.1) is 11.4 Å². The normalized spacial score (nSPS) is 10.3.